The lowest BCUT2D eigenvalue weighted by molar-refractivity contribution is 0.0498. The standard InChI is InChI=1S/C17H32N2S/c1-6-17(7-2,19(9-4)10-5)16(18-8-3)13-15-11-12-20-14-15/h11-12,14,16,18H,6-10,13H2,1-5H3. The van der Waals surface area contributed by atoms with Gasteiger partial charge in [0.15, 0.2) is 0 Å². The average Bonchev–Trinajstić information content (AvgIpc) is 2.97. The van der Waals surface area contributed by atoms with Gasteiger partial charge in [-0.3, -0.25) is 4.90 Å². The molecule has 1 atom stereocenters. The zero-order valence-electron chi connectivity index (χ0n) is 13.9. The Bertz CT molecular complexity index is 340. The number of nitrogens with one attached hydrogen (secondary N) is 1. The number of likely N-dealkylation sites (N-methyl/N-ethyl adjacent to an activating group) is 2. The third kappa shape index (κ3) is 3.84. The summed E-state index contributed by atoms with van der Waals surface area (Å²) in [4.78, 5) is 2.66. The van der Waals surface area contributed by atoms with Crippen LogP contribution in [0.2, 0.25) is 0 Å². The van der Waals surface area contributed by atoms with Gasteiger partial charge in [-0.1, -0.05) is 34.6 Å². The summed E-state index contributed by atoms with van der Waals surface area (Å²) in [5.74, 6) is 0. The lowest BCUT2D eigenvalue weighted by Gasteiger charge is -2.48. The van der Waals surface area contributed by atoms with Crippen molar-refractivity contribution in [2.75, 3.05) is 19.6 Å². The highest BCUT2D eigenvalue weighted by Gasteiger charge is 2.39. The molecule has 0 fully saturated rings. The van der Waals surface area contributed by atoms with Crippen LogP contribution in [0.15, 0.2) is 16.8 Å². The number of rotatable bonds is 10. The molecule has 0 spiro atoms. The van der Waals surface area contributed by atoms with E-state index in [4.69, 9.17) is 0 Å². The van der Waals surface area contributed by atoms with Gasteiger partial charge >= 0.3 is 0 Å². The van der Waals surface area contributed by atoms with Crippen molar-refractivity contribution in [2.45, 2.75) is 65.5 Å². The predicted octanol–water partition coefficient (Wildman–Crippen LogP) is 4.17. The van der Waals surface area contributed by atoms with Gasteiger partial charge < -0.3 is 5.32 Å². The van der Waals surface area contributed by atoms with Crippen molar-refractivity contribution in [3.05, 3.63) is 22.4 Å². The Morgan fingerprint density at radius 1 is 1.15 bits per heavy atom. The van der Waals surface area contributed by atoms with E-state index in [2.05, 4.69) is 61.7 Å². The van der Waals surface area contributed by atoms with Crippen molar-refractivity contribution in [1.82, 2.24) is 10.2 Å². The second kappa shape index (κ2) is 8.81. The minimum Gasteiger partial charge on any atom is -0.312 e. The highest BCUT2D eigenvalue weighted by Crippen LogP contribution is 2.30. The van der Waals surface area contributed by atoms with E-state index in [0.29, 0.717) is 6.04 Å². The quantitative estimate of drug-likeness (QED) is 0.697. The van der Waals surface area contributed by atoms with Gasteiger partial charge in [0, 0.05) is 11.6 Å². The summed E-state index contributed by atoms with van der Waals surface area (Å²) in [7, 11) is 0. The van der Waals surface area contributed by atoms with Crippen LogP contribution in [0.3, 0.4) is 0 Å². The third-order valence-corrected chi connectivity index (χ3v) is 5.47. The van der Waals surface area contributed by atoms with Crippen molar-refractivity contribution in [2.24, 2.45) is 0 Å². The number of hydrogen-bond donors (Lipinski definition) is 1. The fourth-order valence-corrected chi connectivity index (χ4v) is 4.29. The molecule has 0 aliphatic heterocycles. The fraction of sp³-hybridized carbons (Fsp3) is 0.765. The van der Waals surface area contributed by atoms with E-state index in [9.17, 15) is 0 Å². The first kappa shape index (κ1) is 17.7. The average molecular weight is 297 g/mol. The molecule has 0 bridgehead atoms. The van der Waals surface area contributed by atoms with Gasteiger partial charge in [-0.2, -0.15) is 11.3 Å². The summed E-state index contributed by atoms with van der Waals surface area (Å²) in [5.41, 5.74) is 1.74. The second-order valence-electron chi connectivity index (χ2n) is 5.43. The summed E-state index contributed by atoms with van der Waals surface area (Å²) in [6, 6.07) is 2.80. The maximum absolute atomic E-state index is 3.78. The molecule has 1 N–H and O–H groups in total. The number of thiophene rings is 1. The molecule has 0 aliphatic carbocycles. The van der Waals surface area contributed by atoms with Gasteiger partial charge in [0.1, 0.15) is 0 Å². The van der Waals surface area contributed by atoms with E-state index < -0.39 is 0 Å². The Morgan fingerprint density at radius 2 is 1.80 bits per heavy atom. The summed E-state index contributed by atoms with van der Waals surface area (Å²) in [6.45, 7) is 14.8. The van der Waals surface area contributed by atoms with Gasteiger partial charge in [-0.25, -0.2) is 0 Å². The fourth-order valence-electron chi connectivity index (χ4n) is 3.61. The Balaban J connectivity index is 3.03. The minimum absolute atomic E-state index is 0.265. The Hall–Kier alpha value is -0.380. The van der Waals surface area contributed by atoms with Crippen LogP contribution in [0.25, 0.3) is 0 Å². The number of nitrogens with zero attached hydrogens (tertiary/aromatic N) is 1. The van der Waals surface area contributed by atoms with Crippen LogP contribution >= 0.6 is 11.3 Å². The summed E-state index contributed by atoms with van der Waals surface area (Å²) >= 11 is 1.80. The lowest BCUT2D eigenvalue weighted by Crippen LogP contribution is -2.61. The smallest absolute Gasteiger partial charge is 0.0360 e. The first-order chi connectivity index (χ1) is 9.68. The molecule has 1 aromatic heterocycles. The molecule has 0 saturated heterocycles. The molecular weight excluding hydrogens is 264 g/mol. The van der Waals surface area contributed by atoms with Gasteiger partial charge in [-0.05, 0) is 61.3 Å². The van der Waals surface area contributed by atoms with Crippen LogP contribution in [0.4, 0.5) is 0 Å². The number of hydrogen-bond acceptors (Lipinski definition) is 3. The summed E-state index contributed by atoms with van der Waals surface area (Å²) in [5, 5.41) is 8.26. The molecule has 2 nitrogen and oxygen atoms in total. The monoisotopic (exact) mass is 296 g/mol. The van der Waals surface area contributed by atoms with Crippen molar-refractivity contribution in [1.29, 1.82) is 0 Å². The van der Waals surface area contributed by atoms with Crippen LogP contribution in [-0.4, -0.2) is 36.1 Å². The molecule has 3 heteroatoms. The van der Waals surface area contributed by atoms with Crippen LogP contribution < -0.4 is 5.32 Å². The largest absolute Gasteiger partial charge is 0.312 e. The summed E-state index contributed by atoms with van der Waals surface area (Å²) < 4.78 is 0. The van der Waals surface area contributed by atoms with Crippen molar-refractivity contribution >= 4 is 11.3 Å². The van der Waals surface area contributed by atoms with E-state index in [0.717, 1.165) is 26.1 Å². The molecule has 0 radical (unpaired) electrons. The molecular formula is C17H32N2S. The van der Waals surface area contributed by atoms with Gasteiger partial charge in [0.2, 0.25) is 0 Å². The zero-order chi connectivity index (χ0) is 15.0. The first-order valence-electron chi connectivity index (χ1n) is 8.17. The van der Waals surface area contributed by atoms with E-state index >= 15 is 0 Å². The highest BCUT2D eigenvalue weighted by molar-refractivity contribution is 7.07. The van der Waals surface area contributed by atoms with E-state index in [1.165, 1.54) is 18.4 Å². The second-order valence-corrected chi connectivity index (χ2v) is 6.21. The van der Waals surface area contributed by atoms with Crippen molar-refractivity contribution in [3.63, 3.8) is 0 Å². The predicted molar refractivity (Wildman–Crippen MR) is 91.7 cm³/mol. The van der Waals surface area contributed by atoms with Crippen molar-refractivity contribution < 1.29 is 0 Å². The van der Waals surface area contributed by atoms with E-state index in [-0.39, 0.29) is 5.54 Å². The molecule has 0 aromatic carbocycles. The molecule has 0 aliphatic rings. The maximum Gasteiger partial charge on any atom is 0.0360 e. The van der Waals surface area contributed by atoms with Crippen molar-refractivity contribution in [3.8, 4) is 0 Å². The molecule has 116 valence electrons. The van der Waals surface area contributed by atoms with E-state index in [1.807, 2.05) is 0 Å². The normalized spacial score (nSPS) is 13.9. The molecule has 1 unspecified atom stereocenters. The van der Waals surface area contributed by atoms with Crippen LogP contribution in [0, 0.1) is 0 Å². The van der Waals surface area contributed by atoms with Crippen LogP contribution in [0.1, 0.15) is 53.0 Å². The zero-order valence-corrected chi connectivity index (χ0v) is 14.7. The molecule has 0 saturated carbocycles. The summed E-state index contributed by atoms with van der Waals surface area (Å²) in [6.07, 6.45) is 3.54. The Labute approximate surface area is 129 Å². The van der Waals surface area contributed by atoms with Gasteiger partial charge in [0.05, 0.1) is 0 Å². The molecule has 20 heavy (non-hydrogen) atoms. The highest BCUT2D eigenvalue weighted by atomic mass is 32.1. The molecule has 1 heterocycles. The van der Waals surface area contributed by atoms with Crippen LogP contribution in [0.5, 0.6) is 0 Å². The Morgan fingerprint density at radius 3 is 2.20 bits per heavy atom. The first-order valence-corrected chi connectivity index (χ1v) is 9.12. The molecule has 0 amide bonds. The van der Waals surface area contributed by atoms with Gasteiger partial charge in [-0.15, -0.1) is 0 Å². The van der Waals surface area contributed by atoms with E-state index in [1.54, 1.807) is 11.3 Å². The SMILES string of the molecule is CCNC(Cc1ccsc1)C(CC)(CC)N(CC)CC. The molecule has 1 rings (SSSR count). The van der Waals surface area contributed by atoms with Crippen LogP contribution in [-0.2, 0) is 6.42 Å². The maximum atomic E-state index is 3.78. The minimum atomic E-state index is 0.265. The lowest BCUT2D eigenvalue weighted by atomic mass is 9.79. The van der Waals surface area contributed by atoms with Gasteiger partial charge in [0.25, 0.3) is 0 Å². The molecule has 1 aromatic rings. The Kier molecular flexibility index (Phi) is 7.78. The topological polar surface area (TPSA) is 15.3 Å². The third-order valence-electron chi connectivity index (χ3n) is 4.74.